The first-order chi connectivity index (χ1) is 17.9. The van der Waals surface area contributed by atoms with Gasteiger partial charge in [-0.3, -0.25) is 9.78 Å². The van der Waals surface area contributed by atoms with E-state index in [1.165, 1.54) is 0 Å². The van der Waals surface area contributed by atoms with Gasteiger partial charge in [0.05, 0.1) is 6.61 Å². The molecule has 2 heterocycles. The molecule has 0 saturated carbocycles. The van der Waals surface area contributed by atoms with Gasteiger partial charge in [-0.15, -0.1) is 0 Å². The lowest BCUT2D eigenvalue weighted by atomic mass is 9.87. The van der Waals surface area contributed by atoms with Crippen molar-refractivity contribution >= 4 is 17.7 Å². The molecular formula is C30H44N4O4. The predicted molar refractivity (Wildman–Crippen MR) is 151 cm³/mol. The normalized spacial score (nSPS) is 15.4. The molecule has 0 aliphatic carbocycles. The fourth-order valence-corrected chi connectivity index (χ4v) is 4.50. The number of hydrogen-bond acceptors (Lipinski definition) is 6. The number of carbonyl (C=O) groups excluding carboxylic acids is 2. The smallest absolute Gasteiger partial charge is 0.408 e. The van der Waals surface area contributed by atoms with Crippen LogP contribution in [0.15, 0.2) is 42.7 Å². The van der Waals surface area contributed by atoms with Crippen LogP contribution in [0.4, 0.5) is 10.5 Å². The third-order valence-corrected chi connectivity index (χ3v) is 6.31. The Kier molecular flexibility index (Phi) is 10.1. The van der Waals surface area contributed by atoms with Crippen LogP contribution in [0.3, 0.4) is 0 Å². The predicted octanol–water partition coefficient (Wildman–Crippen LogP) is 5.79. The zero-order valence-corrected chi connectivity index (χ0v) is 23.7. The zero-order chi connectivity index (χ0) is 27.8. The number of pyridine rings is 1. The van der Waals surface area contributed by atoms with Crippen LogP contribution in [-0.2, 0) is 9.53 Å². The first-order valence-corrected chi connectivity index (χ1v) is 13.6. The molecule has 0 unspecified atom stereocenters. The molecule has 1 aliphatic heterocycles. The molecule has 1 saturated heterocycles. The summed E-state index contributed by atoms with van der Waals surface area (Å²) in [6.07, 6.45) is 6.66. The summed E-state index contributed by atoms with van der Waals surface area (Å²) in [5.41, 5.74) is 1.69. The summed E-state index contributed by atoms with van der Waals surface area (Å²) >= 11 is 0. The van der Waals surface area contributed by atoms with Crippen LogP contribution in [0.1, 0.15) is 67.2 Å². The number of nitrogens with one attached hydrogen (secondary N) is 3. The van der Waals surface area contributed by atoms with Crippen LogP contribution in [-0.4, -0.2) is 48.3 Å². The highest BCUT2D eigenvalue weighted by Crippen LogP contribution is 2.33. The van der Waals surface area contributed by atoms with E-state index in [0.717, 1.165) is 43.5 Å². The van der Waals surface area contributed by atoms with E-state index in [1.807, 2.05) is 51.1 Å². The molecule has 8 nitrogen and oxygen atoms in total. The number of aromatic nitrogens is 1. The van der Waals surface area contributed by atoms with Crippen molar-refractivity contribution in [2.75, 3.05) is 25.0 Å². The van der Waals surface area contributed by atoms with Crippen molar-refractivity contribution in [3.8, 4) is 16.9 Å². The Morgan fingerprint density at radius 2 is 1.74 bits per heavy atom. The van der Waals surface area contributed by atoms with Crippen LogP contribution >= 0.6 is 0 Å². The monoisotopic (exact) mass is 524 g/mol. The molecule has 2 aromatic rings. The third-order valence-electron chi connectivity index (χ3n) is 6.31. The molecule has 0 radical (unpaired) electrons. The van der Waals surface area contributed by atoms with Gasteiger partial charge in [-0.2, -0.15) is 0 Å². The maximum Gasteiger partial charge on any atom is 0.408 e. The van der Waals surface area contributed by atoms with E-state index in [1.54, 1.807) is 33.2 Å². The van der Waals surface area contributed by atoms with Crippen LogP contribution in [0, 0.1) is 11.3 Å². The summed E-state index contributed by atoms with van der Waals surface area (Å²) in [7, 11) is 0. The van der Waals surface area contributed by atoms with Crippen LogP contribution in [0.2, 0.25) is 0 Å². The standard InChI is InChI=1S/C30H44N4O4/c1-29(2,3)20-25(34-28(36)38-30(4,5)6)27(35)33-23-7-8-24(22-11-16-32-17-12-22)26(19-23)37-18-13-21-9-14-31-15-10-21/h7-8,11-12,16-17,19,21,25,31H,9-10,13-15,18,20H2,1-6H3,(H,33,35)(H,34,36)/t25-/m1/s1. The van der Waals surface area contributed by atoms with Gasteiger partial charge in [-0.25, -0.2) is 4.79 Å². The molecule has 2 amide bonds. The van der Waals surface area contributed by atoms with Crippen LogP contribution < -0.4 is 20.7 Å². The van der Waals surface area contributed by atoms with Gasteiger partial charge in [0.15, 0.2) is 0 Å². The van der Waals surface area contributed by atoms with E-state index in [0.29, 0.717) is 30.4 Å². The summed E-state index contributed by atoms with van der Waals surface area (Å²) in [4.78, 5) is 29.9. The quantitative estimate of drug-likeness (QED) is 0.384. The lowest BCUT2D eigenvalue weighted by Crippen LogP contribution is -2.47. The summed E-state index contributed by atoms with van der Waals surface area (Å²) in [5, 5.41) is 9.14. The molecule has 1 fully saturated rings. The van der Waals surface area contributed by atoms with Crippen molar-refractivity contribution in [3.63, 3.8) is 0 Å². The first-order valence-electron chi connectivity index (χ1n) is 13.6. The number of nitrogens with zero attached hydrogens (tertiary/aromatic N) is 1. The van der Waals surface area contributed by atoms with Gasteiger partial charge < -0.3 is 25.4 Å². The lowest BCUT2D eigenvalue weighted by Gasteiger charge is -2.28. The van der Waals surface area contributed by atoms with Gasteiger partial charge in [0.2, 0.25) is 5.91 Å². The second-order valence-corrected chi connectivity index (χ2v) is 12.2. The summed E-state index contributed by atoms with van der Waals surface area (Å²) in [6, 6.07) is 8.79. The summed E-state index contributed by atoms with van der Waals surface area (Å²) < 4.78 is 11.7. The lowest BCUT2D eigenvalue weighted by molar-refractivity contribution is -0.118. The van der Waals surface area contributed by atoms with Crippen LogP contribution in [0.25, 0.3) is 11.1 Å². The number of alkyl carbamates (subject to hydrolysis) is 1. The number of hydrogen-bond donors (Lipinski definition) is 3. The van der Waals surface area contributed by atoms with Gasteiger partial charge in [-0.05, 0) is 101 Å². The second-order valence-electron chi connectivity index (χ2n) is 12.2. The minimum Gasteiger partial charge on any atom is -0.493 e. The number of ether oxygens (including phenoxy) is 2. The minimum absolute atomic E-state index is 0.189. The Balaban J connectivity index is 1.77. The topological polar surface area (TPSA) is 102 Å². The Morgan fingerprint density at radius 3 is 2.37 bits per heavy atom. The van der Waals surface area contributed by atoms with Crippen molar-refractivity contribution in [2.45, 2.75) is 78.9 Å². The Hall–Kier alpha value is -3.13. The molecule has 1 aromatic heterocycles. The fraction of sp³-hybridized carbons (Fsp3) is 0.567. The van der Waals surface area contributed by atoms with E-state index in [-0.39, 0.29) is 11.3 Å². The molecule has 1 aliphatic rings. The van der Waals surface area contributed by atoms with Crippen molar-refractivity contribution in [1.82, 2.24) is 15.6 Å². The van der Waals surface area contributed by atoms with E-state index >= 15 is 0 Å². The zero-order valence-electron chi connectivity index (χ0n) is 23.7. The molecule has 38 heavy (non-hydrogen) atoms. The number of benzene rings is 1. The number of carbonyl (C=O) groups is 2. The van der Waals surface area contributed by atoms with E-state index in [2.05, 4.69) is 20.9 Å². The summed E-state index contributed by atoms with van der Waals surface area (Å²) in [6.45, 7) is 14.2. The molecule has 1 atom stereocenters. The highest BCUT2D eigenvalue weighted by Gasteiger charge is 2.29. The van der Waals surface area contributed by atoms with E-state index in [4.69, 9.17) is 9.47 Å². The van der Waals surface area contributed by atoms with Crippen LogP contribution in [0.5, 0.6) is 5.75 Å². The van der Waals surface area contributed by atoms with Gasteiger partial charge in [0, 0.05) is 29.7 Å². The SMILES string of the molecule is CC(C)(C)C[C@@H](NC(=O)OC(C)(C)C)C(=O)Nc1ccc(-c2ccncc2)c(OCCC2CCNCC2)c1. The number of amides is 2. The molecule has 1 aromatic carbocycles. The van der Waals surface area contributed by atoms with Crippen molar-refractivity contribution < 1.29 is 19.1 Å². The van der Waals surface area contributed by atoms with E-state index in [9.17, 15) is 9.59 Å². The highest BCUT2D eigenvalue weighted by atomic mass is 16.6. The van der Waals surface area contributed by atoms with Crippen molar-refractivity contribution in [1.29, 1.82) is 0 Å². The number of piperidine rings is 1. The molecular weight excluding hydrogens is 480 g/mol. The summed E-state index contributed by atoms with van der Waals surface area (Å²) in [5.74, 6) is 1.05. The highest BCUT2D eigenvalue weighted by molar-refractivity contribution is 5.97. The molecule has 3 N–H and O–H groups in total. The Labute approximate surface area is 227 Å². The largest absolute Gasteiger partial charge is 0.493 e. The molecule has 208 valence electrons. The molecule has 8 heteroatoms. The minimum atomic E-state index is -0.756. The maximum absolute atomic E-state index is 13.3. The average Bonchev–Trinajstić information content (AvgIpc) is 2.83. The average molecular weight is 525 g/mol. The third kappa shape index (κ3) is 9.97. The molecule has 3 rings (SSSR count). The maximum atomic E-state index is 13.3. The van der Waals surface area contributed by atoms with Crippen molar-refractivity contribution in [3.05, 3.63) is 42.7 Å². The van der Waals surface area contributed by atoms with Gasteiger partial charge in [0.25, 0.3) is 0 Å². The number of anilines is 1. The fourth-order valence-electron chi connectivity index (χ4n) is 4.50. The first kappa shape index (κ1) is 29.4. The Bertz CT molecular complexity index is 1050. The second kappa shape index (κ2) is 13.1. The number of rotatable bonds is 9. The molecule has 0 bridgehead atoms. The van der Waals surface area contributed by atoms with Gasteiger partial charge >= 0.3 is 6.09 Å². The Morgan fingerprint density at radius 1 is 1.05 bits per heavy atom. The molecule has 0 spiro atoms. The van der Waals surface area contributed by atoms with Crippen molar-refractivity contribution in [2.24, 2.45) is 11.3 Å². The van der Waals surface area contributed by atoms with E-state index < -0.39 is 17.7 Å². The van der Waals surface area contributed by atoms with Gasteiger partial charge in [0.1, 0.15) is 17.4 Å². The van der Waals surface area contributed by atoms with Gasteiger partial charge in [-0.1, -0.05) is 20.8 Å².